The van der Waals surface area contributed by atoms with Crippen molar-refractivity contribution in [2.24, 2.45) is 5.41 Å². The van der Waals surface area contributed by atoms with Gasteiger partial charge >= 0.3 is 5.97 Å². The Kier molecular flexibility index (Phi) is 5.79. The molecule has 0 aliphatic carbocycles. The zero-order valence-corrected chi connectivity index (χ0v) is 12.2. The largest absolute Gasteiger partial charge is 0.481 e. The van der Waals surface area contributed by atoms with Crippen molar-refractivity contribution in [3.8, 4) is 0 Å². The van der Waals surface area contributed by atoms with E-state index in [1.807, 2.05) is 11.8 Å². The Morgan fingerprint density at radius 2 is 1.95 bits per heavy atom. The molecule has 1 aliphatic heterocycles. The Balaban J connectivity index is 2.33. The van der Waals surface area contributed by atoms with E-state index in [4.69, 9.17) is 5.11 Å². The molecule has 0 saturated carbocycles. The van der Waals surface area contributed by atoms with Crippen molar-refractivity contribution in [2.45, 2.75) is 52.5 Å². The molecular weight excluding hydrogens is 244 g/mol. The van der Waals surface area contributed by atoms with Crippen LogP contribution in [0.3, 0.4) is 0 Å². The lowest BCUT2D eigenvalue weighted by atomic mass is 9.80. The summed E-state index contributed by atoms with van der Waals surface area (Å²) in [6.45, 7) is 7.63. The molecule has 0 aromatic carbocycles. The minimum absolute atomic E-state index is 0.0416. The third-order valence-electron chi connectivity index (χ3n) is 3.97. The zero-order chi connectivity index (χ0) is 14.5. The number of amides is 1. The van der Waals surface area contributed by atoms with Crippen LogP contribution in [0.1, 0.15) is 46.5 Å². The Labute approximate surface area is 115 Å². The third kappa shape index (κ3) is 4.82. The maximum atomic E-state index is 11.8. The normalized spacial score (nSPS) is 20.8. The predicted octanol–water partition coefficient (Wildman–Crippen LogP) is 1.48. The molecule has 0 aromatic heterocycles. The average Bonchev–Trinajstić information content (AvgIpc) is 2.32. The van der Waals surface area contributed by atoms with Crippen LogP contribution < -0.4 is 5.32 Å². The molecule has 1 fully saturated rings. The van der Waals surface area contributed by atoms with Gasteiger partial charge in [-0.3, -0.25) is 14.5 Å². The minimum Gasteiger partial charge on any atom is -0.481 e. The molecule has 1 saturated heterocycles. The highest BCUT2D eigenvalue weighted by Crippen LogP contribution is 2.30. The van der Waals surface area contributed by atoms with Crippen LogP contribution in [0.2, 0.25) is 0 Å². The number of likely N-dealkylation sites (tertiary alicyclic amines) is 1. The van der Waals surface area contributed by atoms with Gasteiger partial charge in [0.25, 0.3) is 0 Å². The molecule has 1 amide bonds. The summed E-state index contributed by atoms with van der Waals surface area (Å²) in [5.74, 6) is -0.687. The number of nitrogens with zero attached hydrogens (tertiary/aromatic N) is 1. The van der Waals surface area contributed by atoms with Crippen molar-refractivity contribution >= 4 is 11.9 Å². The number of nitrogens with one attached hydrogen (secondary N) is 1. The van der Waals surface area contributed by atoms with Crippen LogP contribution in [0, 0.1) is 5.41 Å². The summed E-state index contributed by atoms with van der Waals surface area (Å²) in [4.78, 5) is 25.0. The van der Waals surface area contributed by atoms with E-state index >= 15 is 0 Å². The van der Waals surface area contributed by atoms with Crippen molar-refractivity contribution in [3.05, 3.63) is 0 Å². The van der Waals surface area contributed by atoms with Crippen molar-refractivity contribution in [1.82, 2.24) is 10.2 Å². The number of rotatable bonds is 6. The Hall–Kier alpha value is -1.10. The summed E-state index contributed by atoms with van der Waals surface area (Å²) in [5, 5.41) is 12.1. The molecule has 1 aliphatic rings. The van der Waals surface area contributed by atoms with Crippen LogP contribution in [0.4, 0.5) is 0 Å². The van der Waals surface area contributed by atoms with Gasteiger partial charge in [-0.25, -0.2) is 0 Å². The molecule has 1 atom stereocenters. The number of carbonyl (C=O) groups is 2. The summed E-state index contributed by atoms with van der Waals surface area (Å²) >= 11 is 0. The maximum absolute atomic E-state index is 11.8. The number of piperidine rings is 1. The van der Waals surface area contributed by atoms with E-state index in [1.54, 1.807) is 6.92 Å². The first-order valence-corrected chi connectivity index (χ1v) is 7.12. The molecule has 1 rings (SSSR count). The zero-order valence-electron chi connectivity index (χ0n) is 12.2. The molecule has 19 heavy (non-hydrogen) atoms. The van der Waals surface area contributed by atoms with Gasteiger partial charge in [-0.2, -0.15) is 0 Å². The number of carboxylic acid groups (broad SMARTS) is 1. The van der Waals surface area contributed by atoms with E-state index in [9.17, 15) is 9.59 Å². The second-order valence-corrected chi connectivity index (χ2v) is 5.90. The van der Waals surface area contributed by atoms with Crippen LogP contribution in [-0.4, -0.2) is 47.6 Å². The van der Waals surface area contributed by atoms with Gasteiger partial charge in [-0.15, -0.1) is 0 Å². The lowest BCUT2D eigenvalue weighted by Crippen LogP contribution is -2.47. The van der Waals surface area contributed by atoms with Crippen molar-refractivity contribution in [3.63, 3.8) is 0 Å². The monoisotopic (exact) mass is 270 g/mol. The van der Waals surface area contributed by atoms with Gasteiger partial charge < -0.3 is 10.4 Å². The molecule has 1 unspecified atom stereocenters. The summed E-state index contributed by atoms with van der Waals surface area (Å²) in [6, 6.07) is 0.214. The topological polar surface area (TPSA) is 69.6 Å². The van der Waals surface area contributed by atoms with E-state index < -0.39 is 11.4 Å². The Bertz CT molecular complexity index is 323. The number of carboxylic acids is 1. The van der Waals surface area contributed by atoms with Crippen LogP contribution >= 0.6 is 0 Å². The second-order valence-electron chi connectivity index (χ2n) is 5.90. The summed E-state index contributed by atoms with van der Waals surface area (Å²) in [6.07, 6.45) is 3.27. The van der Waals surface area contributed by atoms with Gasteiger partial charge in [0, 0.05) is 6.04 Å². The van der Waals surface area contributed by atoms with E-state index in [0.717, 1.165) is 12.8 Å². The van der Waals surface area contributed by atoms with Gasteiger partial charge in [-0.05, 0) is 46.2 Å². The fourth-order valence-electron chi connectivity index (χ4n) is 2.45. The molecule has 5 nitrogen and oxygen atoms in total. The molecule has 5 heteroatoms. The Morgan fingerprint density at radius 3 is 2.42 bits per heavy atom. The molecule has 2 N–H and O–H groups in total. The van der Waals surface area contributed by atoms with E-state index in [2.05, 4.69) is 12.2 Å². The first-order valence-electron chi connectivity index (χ1n) is 7.12. The third-order valence-corrected chi connectivity index (χ3v) is 3.97. The Morgan fingerprint density at radius 1 is 1.37 bits per heavy atom. The number of aliphatic carboxylic acids is 1. The standard InChI is InChI=1S/C14H26N2O3/c1-4-5-11(2)15-12(17)10-16-8-6-14(3,7-9-16)13(18)19/h11H,4-10H2,1-3H3,(H,15,17)(H,18,19). The highest BCUT2D eigenvalue weighted by molar-refractivity contribution is 5.78. The van der Waals surface area contributed by atoms with Gasteiger partial charge in [0.15, 0.2) is 0 Å². The first kappa shape index (κ1) is 16.0. The van der Waals surface area contributed by atoms with E-state index in [1.165, 1.54) is 0 Å². The summed E-state index contributed by atoms with van der Waals surface area (Å²) in [7, 11) is 0. The highest BCUT2D eigenvalue weighted by Gasteiger charge is 2.37. The lowest BCUT2D eigenvalue weighted by Gasteiger charge is -2.36. The first-order chi connectivity index (χ1) is 8.87. The summed E-state index contributed by atoms with van der Waals surface area (Å²) in [5.41, 5.74) is -0.623. The molecule has 110 valence electrons. The molecular formula is C14H26N2O3. The molecule has 0 bridgehead atoms. The predicted molar refractivity (Wildman–Crippen MR) is 73.9 cm³/mol. The van der Waals surface area contributed by atoms with Gasteiger partial charge in [0.1, 0.15) is 0 Å². The van der Waals surface area contributed by atoms with Crippen LogP contribution in [0.25, 0.3) is 0 Å². The maximum Gasteiger partial charge on any atom is 0.309 e. The smallest absolute Gasteiger partial charge is 0.309 e. The highest BCUT2D eigenvalue weighted by atomic mass is 16.4. The average molecular weight is 270 g/mol. The van der Waals surface area contributed by atoms with Crippen LogP contribution in [0.15, 0.2) is 0 Å². The molecule has 0 aromatic rings. The number of hydrogen-bond acceptors (Lipinski definition) is 3. The van der Waals surface area contributed by atoms with Crippen molar-refractivity contribution < 1.29 is 14.7 Å². The van der Waals surface area contributed by atoms with E-state index in [0.29, 0.717) is 32.5 Å². The SMILES string of the molecule is CCCC(C)NC(=O)CN1CCC(C)(C(=O)O)CC1. The van der Waals surface area contributed by atoms with Crippen molar-refractivity contribution in [1.29, 1.82) is 0 Å². The van der Waals surface area contributed by atoms with Gasteiger partial charge in [-0.1, -0.05) is 13.3 Å². The number of hydrogen-bond donors (Lipinski definition) is 2. The minimum atomic E-state index is -0.729. The van der Waals surface area contributed by atoms with Crippen LogP contribution in [0.5, 0.6) is 0 Å². The summed E-state index contributed by atoms with van der Waals surface area (Å²) < 4.78 is 0. The van der Waals surface area contributed by atoms with Gasteiger partial charge in [0.2, 0.25) is 5.91 Å². The molecule has 1 heterocycles. The number of carbonyl (C=O) groups excluding carboxylic acids is 1. The van der Waals surface area contributed by atoms with Crippen molar-refractivity contribution in [2.75, 3.05) is 19.6 Å². The quantitative estimate of drug-likeness (QED) is 0.767. The van der Waals surface area contributed by atoms with E-state index in [-0.39, 0.29) is 11.9 Å². The van der Waals surface area contributed by atoms with Gasteiger partial charge in [0.05, 0.1) is 12.0 Å². The second kappa shape index (κ2) is 6.89. The molecule has 0 radical (unpaired) electrons. The fraction of sp³-hybridized carbons (Fsp3) is 0.857. The fourth-order valence-corrected chi connectivity index (χ4v) is 2.45. The molecule has 0 spiro atoms. The lowest BCUT2D eigenvalue weighted by molar-refractivity contribution is -0.150. The van der Waals surface area contributed by atoms with Crippen LogP contribution in [-0.2, 0) is 9.59 Å².